The summed E-state index contributed by atoms with van der Waals surface area (Å²) in [5.74, 6) is -0.264. The average Bonchev–Trinajstić information content (AvgIpc) is 2.87. The van der Waals surface area contributed by atoms with Gasteiger partial charge < -0.3 is 19.6 Å². The molecule has 0 aromatic carbocycles. The fourth-order valence-electron chi connectivity index (χ4n) is 2.83. The molecule has 1 saturated heterocycles. The number of aliphatic hydroxyl groups excluding tert-OH is 1. The van der Waals surface area contributed by atoms with Crippen molar-refractivity contribution in [3.05, 3.63) is 0 Å². The van der Waals surface area contributed by atoms with Gasteiger partial charge in [0.25, 0.3) is 0 Å². The number of rotatable bonds is 5. The number of hydrogen-bond donors (Lipinski definition) is 2. The Bertz CT molecular complexity index is 539. The number of nitrogens with one attached hydrogen (secondary N) is 1. The number of nitrogens with zero attached hydrogens (tertiary/aromatic N) is 1. The van der Waals surface area contributed by atoms with Gasteiger partial charge in [0, 0.05) is 13.6 Å². The summed E-state index contributed by atoms with van der Waals surface area (Å²) >= 11 is 0. The first kappa shape index (κ1) is 23.9. The second-order valence-corrected chi connectivity index (χ2v) is 14.6. The van der Waals surface area contributed by atoms with Gasteiger partial charge in [-0.25, -0.2) is 4.79 Å². The fraction of sp³-hybridized carbons (Fsp3) is 0.895. The molecule has 0 bridgehead atoms. The molecule has 0 saturated carbocycles. The van der Waals surface area contributed by atoms with Crippen LogP contribution < -0.4 is 5.32 Å². The molecule has 0 aromatic heterocycles. The van der Waals surface area contributed by atoms with Crippen LogP contribution in [0.15, 0.2) is 0 Å². The molecule has 0 radical (unpaired) electrons. The maximum Gasteiger partial charge on any atom is 0.410 e. The van der Waals surface area contributed by atoms with Gasteiger partial charge in [-0.2, -0.15) is 0 Å². The van der Waals surface area contributed by atoms with Gasteiger partial charge in [-0.1, -0.05) is 20.8 Å². The van der Waals surface area contributed by atoms with Crippen molar-refractivity contribution in [1.82, 2.24) is 10.2 Å². The Hall–Kier alpha value is -1.12. The molecule has 7 nitrogen and oxygen atoms in total. The minimum atomic E-state index is -2.02. The second kappa shape index (κ2) is 8.49. The highest BCUT2D eigenvalue weighted by atomic mass is 28.4. The maximum atomic E-state index is 12.7. The average molecular weight is 403 g/mol. The Balaban J connectivity index is 2.98. The van der Waals surface area contributed by atoms with Crippen LogP contribution in [0.5, 0.6) is 0 Å². The Morgan fingerprint density at radius 1 is 1.22 bits per heavy atom. The number of ether oxygens (including phenoxy) is 1. The molecule has 8 heteroatoms. The predicted octanol–water partition coefficient (Wildman–Crippen LogP) is 2.88. The molecular formula is C19H38N2O5Si. The Labute approximate surface area is 164 Å². The Morgan fingerprint density at radius 2 is 1.78 bits per heavy atom. The molecule has 2 N–H and O–H groups in total. The van der Waals surface area contributed by atoms with Gasteiger partial charge >= 0.3 is 6.09 Å². The van der Waals surface area contributed by atoms with Crippen molar-refractivity contribution in [2.24, 2.45) is 0 Å². The summed E-state index contributed by atoms with van der Waals surface area (Å²) in [6, 6.07) is -0.507. The smallest absolute Gasteiger partial charge is 0.410 e. The van der Waals surface area contributed by atoms with Crippen LogP contribution in [0.25, 0.3) is 0 Å². The van der Waals surface area contributed by atoms with Crippen LogP contribution in [-0.2, 0) is 14.0 Å². The lowest BCUT2D eigenvalue weighted by Crippen LogP contribution is -2.46. The summed E-state index contributed by atoms with van der Waals surface area (Å²) in [6.07, 6.45) is -1.20. The molecule has 158 valence electrons. The molecule has 1 aliphatic heterocycles. The van der Waals surface area contributed by atoms with Gasteiger partial charge in [0.05, 0.1) is 24.7 Å². The zero-order valence-corrected chi connectivity index (χ0v) is 19.4. The lowest BCUT2D eigenvalue weighted by molar-refractivity contribution is -0.123. The van der Waals surface area contributed by atoms with Crippen molar-refractivity contribution < 1.29 is 23.9 Å². The quantitative estimate of drug-likeness (QED) is 0.690. The van der Waals surface area contributed by atoms with Crippen LogP contribution >= 0.6 is 0 Å². The van der Waals surface area contributed by atoms with Crippen molar-refractivity contribution in [1.29, 1.82) is 0 Å². The Morgan fingerprint density at radius 3 is 2.22 bits per heavy atom. The third kappa shape index (κ3) is 6.76. The largest absolute Gasteiger partial charge is 0.444 e. The molecule has 3 atom stereocenters. The summed E-state index contributed by atoms with van der Waals surface area (Å²) in [4.78, 5) is 25.9. The van der Waals surface area contributed by atoms with E-state index >= 15 is 0 Å². The summed E-state index contributed by atoms with van der Waals surface area (Å²) in [6.45, 7) is 16.6. The van der Waals surface area contributed by atoms with Crippen LogP contribution in [0.4, 0.5) is 4.79 Å². The van der Waals surface area contributed by atoms with E-state index < -0.39 is 32.2 Å². The minimum absolute atomic E-state index is 0.0442. The third-order valence-electron chi connectivity index (χ3n) is 5.32. The molecule has 0 spiro atoms. The standard InChI is InChI=1S/C19H38N2O5Si/c1-18(2,3)25-17(24)21-12-13(26-27(8,9)19(4,5)6)10-14(21)15(22)11-16(23)20-7/h13-15,22H,10-12H2,1-9H3,(H,20,23)/t13-,14+,15+/m1/s1. The van der Waals surface area contributed by atoms with Crippen LogP contribution in [-0.4, -0.2) is 67.8 Å². The predicted molar refractivity (Wildman–Crippen MR) is 108 cm³/mol. The van der Waals surface area contributed by atoms with Crippen molar-refractivity contribution in [3.63, 3.8) is 0 Å². The van der Waals surface area contributed by atoms with E-state index in [1.807, 2.05) is 0 Å². The first-order chi connectivity index (χ1) is 12.1. The van der Waals surface area contributed by atoms with E-state index in [0.29, 0.717) is 13.0 Å². The second-order valence-electron chi connectivity index (χ2n) is 9.88. The molecule has 27 heavy (non-hydrogen) atoms. The van der Waals surface area contributed by atoms with Gasteiger partial charge in [-0.3, -0.25) is 9.69 Å². The fourth-order valence-corrected chi connectivity index (χ4v) is 4.19. The van der Waals surface area contributed by atoms with E-state index in [0.717, 1.165) is 0 Å². The molecule has 0 aliphatic carbocycles. The highest BCUT2D eigenvalue weighted by Crippen LogP contribution is 2.39. The number of carbonyl (C=O) groups excluding carboxylic acids is 2. The zero-order chi connectivity index (χ0) is 21.2. The molecule has 1 aliphatic rings. The maximum absolute atomic E-state index is 12.7. The molecule has 0 aromatic rings. The van der Waals surface area contributed by atoms with E-state index in [9.17, 15) is 14.7 Å². The minimum Gasteiger partial charge on any atom is -0.444 e. The molecule has 1 heterocycles. The van der Waals surface area contributed by atoms with Crippen molar-refractivity contribution in [2.75, 3.05) is 13.6 Å². The molecular weight excluding hydrogens is 364 g/mol. The van der Waals surface area contributed by atoms with E-state index in [2.05, 4.69) is 39.2 Å². The normalized spacial score (nSPS) is 22.5. The van der Waals surface area contributed by atoms with Crippen LogP contribution in [0, 0.1) is 0 Å². The van der Waals surface area contributed by atoms with Crippen molar-refractivity contribution in [3.8, 4) is 0 Å². The van der Waals surface area contributed by atoms with Crippen molar-refractivity contribution >= 4 is 20.3 Å². The number of carbonyl (C=O) groups is 2. The Kier molecular flexibility index (Phi) is 7.52. The van der Waals surface area contributed by atoms with E-state index in [1.54, 1.807) is 20.8 Å². The SMILES string of the molecule is CNC(=O)C[C@H](O)[C@@H]1C[C@@H](O[Si](C)(C)C(C)(C)C)CN1C(=O)OC(C)(C)C. The number of aliphatic hydroxyl groups is 1. The molecule has 1 fully saturated rings. The lowest BCUT2D eigenvalue weighted by atomic mass is 10.0. The third-order valence-corrected chi connectivity index (χ3v) is 9.85. The first-order valence-corrected chi connectivity index (χ1v) is 12.5. The van der Waals surface area contributed by atoms with Crippen LogP contribution in [0.2, 0.25) is 18.1 Å². The van der Waals surface area contributed by atoms with Gasteiger partial charge in [-0.15, -0.1) is 0 Å². The summed E-state index contributed by atoms with van der Waals surface area (Å²) < 4.78 is 12.0. The highest BCUT2D eigenvalue weighted by molar-refractivity contribution is 6.74. The number of amides is 2. The van der Waals surface area contributed by atoms with Crippen LogP contribution in [0.3, 0.4) is 0 Å². The topological polar surface area (TPSA) is 88.1 Å². The van der Waals surface area contributed by atoms with Gasteiger partial charge in [0.1, 0.15) is 5.60 Å². The summed E-state index contributed by atoms with van der Waals surface area (Å²) in [7, 11) is -0.498. The van der Waals surface area contributed by atoms with Crippen molar-refractivity contribution in [2.45, 2.75) is 96.4 Å². The van der Waals surface area contributed by atoms with E-state index in [4.69, 9.17) is 9.16 Å². The monoisotopic (exact) mass is 402 g/mol. The summed E-state index contributed by atoms with van der Waals surface area (Å²) in [5.41, 5.74) is -0.633. The number of likely N-dealkylation sites (tertiary alicyclic amines) is 1. The molecule has 0 unspecified atom stereocenters. The van der Waals surface area contributed by atoms with Gasteiger partial charge in [0.2, 0.25) is 5.91 Å². The van der Waals surface area contributed by atoms with Crippen LogP contribution in [0.1, 0.15) is 54.4 Å². The lowest BCUT2D eigenvalue weighted by Gasteiger charge is -2.38. The van der Waals surface area contributed by atoms with E-state index in [1.165, 1.54) is 11.9 Å². The first-order valence-electron chi connectivity index (χ1n) is 9.63. The molecule has 2 amide bonds. The molecule has 1 rings (SSSR count). The zero-order valence-electron chi connectivity index (χ0n) is 18.4. The van der Waals surface area contributed by atoms with E-state index in [-0.39, 0.29) is 23.5 Å². The summed E-state index contributed by atoms with van der Waals surface area (Å²) in [5, 5.41) is 13.1. The highest BCUT2D eigenvalue weighted by Gasteiger charge is 2.46. The van der Waals surface area contributed by atoms with Gasteiger partial charge in [0.15, 0.2) is 8.32 Å². The van der Waals surface area contributed by atoms with Gasteiger partial charge in [-0.05, 0) is 45.3 Å². The number of hydrogen-bond acceptors (Lipinski definition) is 5.